The molecule has 41 heavy (non-hydrogen) atoms. The summed E-state index contributed by atoms with van der Waals surface area (Å²) in [5.41, 5.74) is 0. The van der Waals surface area contributed by atoms with Gasteiger partial charge in [-0.3, -0.25) is 0 Å². The highest BCUT2D eigenvalue weighted by Gasteiger charge is 2.09. The fraction of sp³-hybridized carbons (Fsp3) is 1.00. The Balaban J connectivity index is -0.0000000292. The third kappa shape index (κ3) is 73.7. The predicted molar refractivity (Wildman–Crippen MR) is 280 cm³/mol. The van der Waals surface area contributed by atoms with Crippen molar-refractivity contribution in [2.24, 2.45) is 0 Å². The summed E-state index contributed by atoms with van der Waals surface area (Å²) < 4.78 is 0. The first-order valence-electron chi connectivity index (χ1n) is 10.8. The average molecular weight is 905 g/mol. The van der Waals surface area contributed by atoms with Crippen LogP contribution in [0.1, 0.15) is 120 Å². The van der Waals surface area contributed by atoms with E-state index in [2.05, 4.69) is 89.9 Å². The van der Waals surface area contributed by atoms with Gasteiger partial charge in [0.25, 0.3) is 0 Å². The Morgan fingerprint density at radius 1 is 0.537 bits per heavy atom. The van der Waals surface area contributed by atoms with Crippen molar-refractivity contribution < 1.29 is 0 Å². The van der Waals surface area contributed by atoms with Crippen LogP contribution in [-0.4, -0.2) is 42.9 Å². The molecule has 0 aromatic heterocycles. The molecule has 0 aliphatic heterocycles. The maximum atomic E-state index is 3.07. The molecule has 0 rings (SSSR count). The largest absolute Gasteiger partial charge is 0.118 e. The lowest BCUT2D eigenvalue weighted by molar-refractivity contribution is 0.659. The SMILES string of the molecule is C.C.C.C.C.C.C.C.C.CCCCCCCP(CP(P)PP)PP.CCP(CP(P)PP)PP.CCPCP(C)P. The van der Waals surface area contributed by atoms with Gasteiger partial charge in [0, 0.05) is 0 Å². The molecular weight excluding hydrogens is 815 g/mol. The van der Waals surface area contributed by atoms with E-state index >= 15 is 0 Å². The second kappa shape index (κ2) is 69.1. The number of hydrogen-bond acceptors (Lipinski definition) is 0. The Hall–Kier alpha value is 7.31. The van der Waals surface area contributed by atoms with E-state index in [4.69, 9.17) is 0 Å². The normalized spacial score (nSPS) is 13.5. The van der Waals surface area contributed by atoms with Gasteiger partial charge in [0.05, 0.1) is 0 Å². The summed E-state index contributed by atoms with van der Waals surface area (Å²) in [6.07, 6.45) is 11.5. The topological polar surface area (TPSA) is 0 Å². The van der Waals surface area contributed by atoms with E-state index in [1.54, 1.807) is 0 Å². The van der Waals surface area contributed by atoms with Crippen LogP contribution in [0, 0.1) is 0 Å². The van der Waals surface area contributed by atoms with Crippen LogP contribution < -0.4 is 0 Å². The molecule has 17 heteroatoms. The number of unbranched alkanes of at least 4 members (excludes halogenated alkanes) is 4. The lowest BCUT2D eigenvalue weighted by atomic mass is 10.2. The van der Waals surface area contributed by atoms with Crippen molar-refractivity contribution >= 4 is 140 Å². The summed E-state index contributed by atoms with van der Waals surface area (Å²) in [4.78, 5) is 0. The van der Waals surface area contributed by atoms with Gasteiger partial charge in [0.1, 0.15) is 0 Å². The standard InChI is InChI=1S/C8H25P7.C4H13P3.C3H15P7.9CH4/c1-2-3-4-5-6-7-14(12-9)8-15(11)13-10;1-3-6-4-7(2)5;1-2-9(7-4)3-10(6)8-5;;;;;;;;;/h12-13H,2-11H2,1H3;6H,3-5H2,1-2H3;7-8H,2-6H2,1H3;9*1H4. The Labute approximate surface area is 300 Å². The third-order valence-corrected chi connectivity index (χ3v) is 51.5. The van der Waals surface area contributed by atoms with Crippen molar-refractivity contribution in [1.82, 2.24) is 0 Å². The Morgan fingerprint density at radius 2 is 0.927 bits per heavy atom. The predicted octanol–water partition coefficient (Wildman–Crippen LogP) is 19.2. The summed E-state index contributed by atoms with van der Waals surface area (Å²) in [5.74, 6) is 4.50. The molecule has 17 atom stereocenters. The second-order valence-electron chi connectivity index (χ2n) is 6.79. The van der Waals surface area contributed by atoms with E-state index in [1.165, 1.54) is 76.9 Å². The van der Waals surface area contributed by atoms with Crippen LogP contribution in [0.4, 0.5) is 0 Å². The minimum absolute atomic E-state index is 0. The van der Waals surface area contributed by atoms with E-state index in [0.29, 0.717) is 30.1 Å². The van der Waals surface area contributed by atoms with Crippen LogP contribution in [0.25, 0.3) is 0 Å². The molecule has 0 fully saturated rings. The van der Waals surface area contributed by atoms with E-state index in [0.717, 1.165) is 31.8 Å². The molecule has 0 aromatic carbocycles. The molecule has 17 unspecified atom stereocenters. The first-order valence-corrected chi connectivity index (χ1v) is 40.1. The van der Waals surface area contributed by atoms with Gasteiger partial charge in [-0.15, -0.1) is 71.1 Å². The fourth-order valence-electron chi connectivity index (χ4n) is 2.05. The highest BCUT2D eigenvalue weighted by molar-refractivity contribution is 8.64. The van der Waals surface area contributed by atoms with Gasteiger partial charge in [-0.2, -0.15) is 0 Å². The molecular formula is C24H89P17. The van der Waals surface area contributed by atoms with Gasteiger partial charge >= 0.3 is 0 Å². The van der Waals surface area contributed by atoms with Crippen molar-refractivity contribution in [3.8, 4) is 0 Å². The van der Waals surface area contributed by atoms with Gasteiger partial charge in [0.2, 0.25) is 0 Å². The quantitative estimate of drug-likeness (QED) is 0.0950. The molecule has 0 radical (unpaired) electrons. The molecule has 0 aliphatic rings. The van der Waals surface area contributed by atoms with Crippen LogP contribution in [0.5, 0.6) is 0 Å². The van der Waals surface area contributed by atoms with Crippen LogP contribution in [0.2, 0.25) is 0 Å². The van der Waals surface area contributed by atoms with E-state index in [1.807, 2.05) is 0 Å². The number of hydrogen-bond donors (Lipinski definition) is 0. The highest BCUT2D eigenvalue weighted by atomic mass is 32.6. The summed E-state index contributed by atoms with van der Waals surface area (Å²) >= 11 is 0. The summed E-state index contributed by atoms with van der Waals surface area (Å²) in [6.45, 7) is 9.17. The van der Waals surface area contributed by atoms with Crippen molar-refractivity contribution in [2.75, 3.05) is 42.9 Å². The van der Waals surface area contributed by atoms with E-state index in [-0.39, 0.29) is 74.1 Å². The third-order valence-electron chi connectivity index (χ3n) is 3.87. The van der Waals surface area contributed by atoms with Gasteiger partial charge < -0.3 is 0 Å². The monoisotopic (exact) mass is 904 g/mol. The van der Waals surface area contributed by atoms with Gasteiger partial charge in [-0.25, -0.2) is 0 Å². The molecule has 0 aromatic rings. The minimum atomic E-state index is 0. The molecule has 0 bridgehead atoms. The first kappa shape index (κ1) is 82.0. The zero-order chi connectivity index (χ0) is 25.2. The molecule has 0 N–H and O–H groups in total. The summed E-state index contributed by atoms with van der Waals surface area (Å²) in [6, 6.07) is 0. The lowest BCUT2D eigenvalue weighted by Crippen LogP contribution is -1.83. The highest BCUT2D eigenvalue weighted by Crippen LogP contribution is 2.76. The molecule has 0 spiro atoms. The van der Waals surface area contributed by atoms with Gasteiger partial charge in [-0.1, -0.05) is 183 Å². The van der Waals surface area contributed by atoms with E-state index < -0.39 is 0 Å². The number of rotatable bonds is 18. The zero-order valence-electron chi connectivity index (χ0n) is 20.6. The maximum Gasteiger partial charge on any atom is -0.000775 e. The Kier molecular flexibility index (Phi) is 138. The van der Waals surface area contributed by atoms with Gasteiger partial charge in [-0.05, 0) is 49.3 Å². The maximum absolute atomic E-state index is 3.07. The first-order chi connectivity index (χ1) is 15.2. The molecule has 0 aliphatic carbocycles. The van der Waals surface area contributed by atoms with Crippen molar-refractivity contribution in [3.63, 3.8) is 0 Å². The summed E-state index contributed by atoms with van der Waals surface area (Å²) in [7, 11) is 27.9. The van der Waals surface area contributed by atoms with Crippen molar-refractivity contribution in [3.05, 3.63) is 0 Å². The molecule has 270 valence electrons. The molecule has 0 nitrogen and oxygen atoms in total. The van der Waals surface area contributed by atoms with Crippen LogP contribution in [-0.2, 0) is 0 Å². The molecule has 0 heterocycles. The Morgan fingerprint density at radius 3 is 1.20 bits per heavy atom. The summed E-state index contributed by atoms with van der Waals surface area (Å²) in [5, 5.41) is 0. The van der Waals surface area contributed by atoms with E-state index in [9.17, 15) is 0 Å². The molecule has 0 saturated carbocycles. The smallest absolute Gasteiger partial charge is 0.000775 e. The molecule has 0 saturated heterocycles. The van der Waals surface area contributed by atoms with Crippen LogP contribution in [0.15, 0.2) is 0 Å². The van der Waals surface area contributed by atoms with Crippen LogP contribution >= 0.6 is 140 Å². The minimum Gasteiger partial charge on any atom is -0.118 e. The zero-order valence-corrected chi connectivity index (χ0v) is 38.1. The lowest BCUT2D eigenvalue weighted by Gasteiger charge is -2.19. The van der Waals surface area contributed by atoms with Crippen LogP contribution in [0.3, 0.4) is 0 Å². The van der Waals surface area contributed by atoms with Crippen molar-refractivity contribution in [2.45, 2.75) is 120 Å². The Bertz CT molecular complexity index is 341. The fourth-order valence-corrected chi connectivity index (χ4v) is 42.9. The van der Waals surface area contributed by atoms with Gasteiger partial charge in [0.15, 0.2) is 0 Å². The van der Waals surface area contributed by atoms with Crippen molar-refractivity contribution in [1.29, 1.82) is 0 Å². The molecule has 0 amide bonds. The second-order valence-corrected chi connectivity index (χ2v) is 48.3. The average Bonchev–Trinajstić information content (AvgIpc) is 2.80.